The van der Waals surface area contributed by atoms with Crippen LogP contribution in [-0.4, -0.2) is 48.9 Å². The monoisotopic (exact) mass is 306 g/mol. The van der Waals surface area contributed by atoms with Crippen LogP contribution < -0.4 is 0 Å². The highest BCUT2D eigenvalue weighted by Crippen LogP contribution is 2.21. The first-order valence-electron chi connectivity index (χ1n) is 8.70. The average Bonchev–Trinajstić information content (AvgIpc) is 3.02. The lowest BCUT2D eigenvalue weighted by Gasteiger charge is -2.33. The van der Waals surface area contributed by atoms with E-state index in [0.29, 0.717) is 11.7 Å². The van der Waals surface area contributed by atoms with Crippen molar-refractivity contribution in [3.8, 4) is 0 Å². The second-order valence-electron chi connectivity index (χ2n) is 6.47. The zero-order chi connectivity index (χ0) is 15.9. The molecule has 1 aliphatic rings. The number of piperidine rings is 1. The molecule has 0 aliphatic carbocycles. The van der Waals surface area contributed by atoms with Crippen molar-refractivity contribution >= 4 is 5.91 Å². The van der Waals surface area contributed by atoms with E-state index in [4.69, 9.17) is 4.42 Å². The molecule has 0 aromatic carbocycles. The lowest BCUT2D eigenvalue weighted by Crippen LogP contribution is -2.41. The van der Waals surface area contributed by atoms with E-state index < -0.39 is 0 Å². The summed E-state index contributed by atoms with van der Waals surface area (Å²) in [6.45, 7) is 8.31. The highest BCUT2D eigenvalue weighted by atomic mass is 16.4. The molecule has 1 fully saturated rings. The van der Waals surface area contributed by atoms with Gasteiger partial charge in [0.25, 0.3) is 5.91 Å². The minimum atomic E-state index is 0.0532. The van der Waals surface area contributed by atoms with E-state index in [1.165, 1.54) is 19.4 Å². The summed E-state index contributed by atoms with van der Waals surface area (Å²) in [5, 5.41) is 0. The molecule has 0 radical (unpaired) electrons. The molecule has 2 rings (SSSR count). The SMILES string of the molecule is CCCCN(C)CC1CCN(C(=O)c2ccc(CC)o2)CC1. The minimum absolute atomic E-state index is 0.0532. The van der Waals surface area contributed by atoms with Crippen LogP contribution in [0.1, 0.15) is 55.8 Å². The van der Waals surface area contributed by atoms with Crippen LogP contribution in [0.3, 0.4) is 0 Å². The van der Waals surface area contributed by atoms with Crippen molar-refractivity contribution in [1.82, 2.24) is 9.80 Å². The Kier molecular flexibility index (Phi) is 6.49. The second kappa shape index (κ2) is 8.37. The topological polar surface area (TPSA) is 36.7 Å². The summed E-state index contributed by atoms with van der Waals surface area (Å²) < 4.78 is 5.58. The smallest absolute Gasteiger partial charge is 0.289 e. The molecule has 1 aromatic rings. The van der Waals surface area contributed by atoms with Crippen LogP contribution in [0.25, 0.3) is 0 Å². The van der Waals surface area contributed by atoms with Crippen molar-refractivity contribution in [1.29, 1.82) is 0 Å². The quantitative estimate of drug-likeness (QED) is 0.774. The molecule has 0 unspecified atom stereocenters. The van der Waals surface area contributed by atoms with Gasteiger partial charge in [0.2, 0.25) is 0 Å². The zero-order valence-corrected chi connectivity index (χ0v) is 14.3. The molecule has 1 saturated heterocycles. The van der Waals surface area contributed by atoms with Gasteiger partial charge in [-0.1, -0.05) is 20.3 Å². The van der Waals surface area contributed by atoms with Gasteiger partial charge in [0.1, 0.15) is 5.76 Å². The molecule has 1 amide bonds. The Bertz CT molecular complexity index is 461. The summed E-state index contributed by atoms with van der Waals surface area (Å²) in [5.74, 6) is 2.15. The van der Waals surface area contributed by atoms with Crippen LogP contribution in [-0.2, 0) is 6.42 Å². The predicted octanol–water partition coefficient (Wildman–Crippen LogP) is 3.43. The third-order valence-corrected chi connectivity index (χ3v) is 4.59. The number of carbonyl (C=O) groups excluding carboxylic acids is 1. The number of hydrogen-bond donors (Lipinski definition) is 0. The Labute approximate surface area is 134 Å². The summed E-state index contributed by atoms with van der Waals surface area (Å²) in [7, 11) is 2.21. The van der Waals surface area contributed by atoms with E-state index in [-0.39, 0.29) is 5.91 Å². The Morgan fingerprint density at radius 3 is 2.64 bits per heavy atom. The number of likely N-dealkylation sites (tertiary alicyclic amines) is 1. The predicted molar refractivity (Wildman–Crippen MR) is 89.1 cm³/mol. The van der Waals surface area contributed by atoms with Crippen molar-refractivity contribution in [3.63, 3.8) is 0 Å². The molecule has 22 heavy (non-hydrogen) atoms. The largest absolute Gasteiger partial charge is 0.456 e. The number of furan rings is 1. The fraction of sp³-hybridized carbons (Fsp3) is 0.722. The van der Waals surface area contributed by atoms with Gasteiger partial charge in [0.05, 0.1) is 0 Å². The minimum Gasteiger partial charge on any atom is -0.456 e. The molecule has 4 nitrogen and oxygen atoms in total. The van der Waals surface area contributed by atoms with Gasteiger partial charge in [0, 0.05) is 26.1 Å². The third-order valence-electron chi connectivity index (χ3n) is 4.59. The maximum atomic E-state index is 12.4. The van der Waals surface area contributed by atoms with Crippen LogP contribution in [0.4, 0.5) is 0 Å². The van der Waals surface area contributed by atoms with Crippen LogP contribution in [0.5, 0.6) is 0 Å². The van der Waals surface area contributed by atoms with Gasteiger partial charge < -0.3 is 14.2 Å². The number of aryl methyl sites for hydroxylation is 1. The molecule has 1 aromatic heterocycles. The Morgan fingerprint density at radius 1 is 1.32 bits per heavy atom. The van der Waals surface area contributed by atoms with Gasteiger partial charge in [-0.15, -0.1) is 0 Å². The molecular formula is C18H30N2O2. The summed E-state index contributed by atoms with van der Waals surface area (Å²) in [6.07, 6.45) is 5.55. The van der Waals surface area contributed by atoms with Crippen LogP contribution in [0, 0.1) is 5.92 Å². The number of hydrogen-bond acceptors (Lipinski definition) is 3. The van der Waals surface area contributed by atoms with Crippen LogP contribution in [0.2, 0.25) is 0 Å². The van der Waals surface area contributed by atoms with E-state index in [1.807, 2.05) is 24.0 Å². The summed E-state index contributed by atoms with van der Waals surface area (Å²) in [4.78, 5) is 16.8. The van der Waals surface area contributed by atoms with E-state index >= 15 is 0 Å². The highest BCUT2D eigenvalue weighted by molar-refractivity contribution is 5.91. The van der Waals surface area contributed by atoms with E-state index in [2.05, 4.69) is 18.9 Å². The molecule has 0 spiro atoms. The van der Waals surface area contributed by atoms with Gasteiger partial charge >= 0.3 is 0 Å². The number of rotatable bonds is 7. The second-order valence-corrected chi connectivity index (χ2v) is 6.47. The molecular weight excluding hydrogens is 276 g/mol. The first-order valence-corrected chi connectivity index (χ1v) is 8.70. The van der Waals surface area contributed by atoms with E-state index in [1.54, 1.807) is 0 Å². The standard InChI is InChI=1S/C18H30N2O2/c1-4-6-11-19(3)14-15-9-12-20(13-10-15)18(21)17-8-7-16(5-2)22-17/h7-8,15H,4-6,9-14H2,1-3H3. The van der Waals surface area contributed by atoms with E-state index in [0.717, 1.165) is 44.7 Å². The number of amides is 1. The van der Waals surface area contributed by atoms with Crippen molar-refractivity contribution < 1.29 is 9.21 Å². The lowest BCUT2D eigenvalue weighted by molar-refractivity contribution is 0.0640. The molecule has 124 valence electrons. The van der Waals surface area contributed by atoms with E-state index in [9.17, 15) is 4.79 Å². The average molecular weight is 306 g/mol. The molecule has 0 bridgehead atoms. The highest BCUT2D eigenvalue weighted by Gasteiger charge is 2.25. The molecule has 0 saturated carbocycles. The number of unbranched alkanes of at least 4 members (excludes halogenated alkanes) is 1. The third kappa shape index (κ3) is 4.60. The molecule has 2 heterocycles. The van der Waals surface area contributed by atoms with Gasteiger partial charge in [-0.3, -0.25) is 4.79 Å². The maximum Gasteiger partial charge on any atom is 0.289 e. The normalized spacial score (nSPS) is 16.5. The zero-order valence-electron chi connectivity index (χ0n) is 14.3. The fourth-order valence-corrected chi connectivity index (χ4v) is 3.12. The van der Waals surface area contributed by atoms with Gasteiger partial charge in [-0.25, -0.2) is 0 Å². The van der Waals surface area contributed by atoms with Gasteiger partial charge in [0.15, 0.2) is 5.76 Å². The van der Waals surface area contributed by atoms with Crippen molar-refractivity contribution in [3.05, 3.63) is 23.7 Å². The van der Waals surface area contributed by atoms with Gasteiger partial charge in [-0.2, -0.15) is 0 Å². The molecule has 4 heteroatoms. The van der Waals surface area contributed by atoms with Crippen molar-refractivity contribution in [2.45, 2.75) is 46.0 Å². The van der Waals surface area contributed by atoms with Crippen molar-refractivity contribution in [2.75, 3.05) is 33.2 Å². The number of carbonyl (C=O) groups is 1. The Balaban J connectivity index is 1.77. The van der Waals surface area contributed by atoms with Crippen LogP contribution >= 0.6 is 0 Å². The summed E-state index contributed by atoms with van der Waals surface area (Å²) >= 11 is 0. The fourth-order valence-electron chi connectivity index (χ4n) is 3.12. The lowest BCUT2D eigenvalue weighted by atomic mass is 9.96. The molecule has 1 aliphatic heterocycles. The first-order chi connectivity index (χ1) is 10.6. The Hall–Kier alpha value is -1.29. The summed E-state index contributed by atoms with van der Waals surface area (Å²) in [5.41, 5.74) is 0. The molecule has 0 atom stereocenters. The van der Waals surface area contributed by atoms with Crippen molar-refractivity contribution in [2.24, 2.45) is 5.92 Å². The van der Waals surface area contributed by atoms with Crippen LogP contribution in [0.15, 0.2) is 16.5 Å². The summed E-state index contributed by atoms with van der Waals surface area (Å²) in [6, 6.07) is 3.72. The molecule has 0 N–H and O–H groups in total. The number of nitrogens with zero attached hydrogens (tertiary/aromatic N) is 2. The maximum absolute atomic E-state index is 12.4. The Morgan fingerprint density at radius 2 is 2.05 bits per heavy atom. The first kappa shape index (κ1) is 17.1. The van der Waals surface area contributed by atoms with Gasteiger partial charge in [-0.05, 0) is 50.9 Å².